The maximum atomic E-state index is 14.9. The van der Waals surface area contributed by atoms with Gasteiger partial charge in [0.05, 0.1) is 36.7 Å². The summed E-state index contributed by atoms with van der Waals surface area (Å²) in [4.78, 5) is 53.9. The van der Waals surface area contributed by atoms with Gasteiger partial charge in [-0.3, -0.25) is 9.59 Å². The molecule has 11 heteroatoms. The Morgan fingerprint density at radius 2 is 1.72 bits per heavy atom. The summed E-state index contributed by atoms with van der Waals surface area (Å²) in [6, 6.07) is 8.17. The van der Waals surface area contributed by atoms with Gasteiger partial charge in [-0.25, -0.2) is 9.59 Å². The highest BCUT2D eigenvalue weighted by atomic mass is 16.7. The van der Waals surface area contributed by atoms with Crippen molar-refractivity contribution in [1.29, 1.82) is 0 Å². The molecule has 43 heavy (non-hydrogen) atoms. The molecule has 3 fully saturated rings. The van der Waals surface area contributed by atoms with Gasteiger partial charge >= 0.3 is 18.1 Å². The molecule has 0 radical (unpaired) electrons. The molecule has 9 atom stereocenters. The summed E-state index contributed by atoms with van der Waals surface area (Å²) < 4.78 is 28.7. The van der Waals surface area contributed by atoms with Gasteiger partial charge in [-0.2, -0.15) is 0 Å². The van der Waals surface area contributed by atoms with Crippen LogP contribution in [0.25, 0.3) is 0 Å². The summed E-state index contributed by atoms with van der Waals surface area (Å²) in [5, 5.41) is 24.2. The first kappa shape index (κ1) is 31.2. The second-order valence-electron chi connectivity index (χ2n) is 13.0. The third kappa shape index (κ3) is 4.34. The summed E-state index contributed by atoms with van der Waals surface area (Å²) in [6.45, 7) is 9.59. The van der Waals surface area contributed by atoms with Gasteiger partial charge < -0.3 is 33.9 Å². The predicted molar refractivity (Wildman–Crippen MR) is 150 cm³/mol. The van der Waals surface area contributed by atoms with Gasteiger partial charge in [0, 0.05) is 31.1 Å². The van der Waals surface area contributed by atoms with Crippen LogP contribution in [0.4, 0.5) is 4.79 Å². The average molecular weight is 601 g/mol. The predicted octanol–water partition coefficient (Wildman–Crippen LogP) is 3.15. The number of esters is 2. The fraction of sp³-hybridized carbons (Fsp3) is 0.625. The minimum Gasteiger partial charge on any atom is -0.455 e. The Hall–Kier alpha value is -3.28. The van der Waals surface area contributed by atoms with E-state index >= 15 is 0 Å². The summed E-state index contributed by atoms with van der Waals surface area (Å²) in [6.07, 6.45) is -6.01. The zero-order valence-electron chi connectivity index (χ0n) is 25.5. The molecule has 2 N–H and O–H groups in total. The molecular weight excluding hydrogens is 560 g/mol. The number of ketones is 1. The monoisotopic (exact) mass is 600 g/mol. The van der Waals surface area contributed by atoms with Crippen LogP contribution in [0.2, 0.25) is 0 Å². The second-order valence-corrected chi connectivity index (χ2v) is 13.0. The van der Waals surface area contributed by atoms with E-state index in [2.05, 4.69) is 0 Å². The minimum absolute atomic E-state index is 0.0182. The third-order valence-corrected chi connectivity index (χ3v) is 10.6. The lowest BCUT2D eigenvalue weighted by Gasteiger charge is -2.67. The highest BCUT2D eigenvalue weighted by molar-refractivity contribution is 5.92. The molecule has 2 bridgehead atoms. The summed E-state index contributed by atoms with van der Waals surface area (Å²) in [5.74, 6) is -3.96. The van der Waals surface area contributed by atoms with Crippen molar-refractivity contribution in [2.24, 2.45) is 22.7 Å². The molecule has 0 aromatic heterocycles. The van der Waals surface area contributed by atoms with Gasteiger partial charge in [-0.1, -0.05) is 39.0 Å². The number of ether oxygens (including phenoxy) is 5. The number of carbonyl (C=O) groups excluding carboxylic acids is 4. The summed E-state index contributed by atoms with van der Waals surface area (Å²) in [5.41, 5.74) is -5.16. The number of benzene rings is 1. The molecule has 3 unspecified atom stereocenters. The van der Waals surface area contributed by atoms with Crippen molar-refractivity contribution in [3.8, 4) is 0 Å². The summed E-state index contributed by atoms with van der Waals surface area (Å²) in [7, 11) is 1.15. The van der Waals surface area contributed by atoms with Crippen LogP contribution in [-0.2, 0) is 33.3 Å². The van der Waals surface area contributed by atoms with Crippen LogP contribution in [0, 0.1) is 22.7 Å². The second kappa shape index (κ2) is 10.4. The molecule has 234 valence electrons. The number of carbonyl (C=O) groups is 4. The highest BCUT2D eigenvalue weighted by Gasteiger charge is 2.78. The molecule has 4 aliphatic rings. The maximum absolute atomic E-state index is 14.9. The normalized spacial score (nSPS) is 39.6. The van der Waals surface area contributed by atoms with Gasteiger partial charge in [0.2, 0.25) is 0 Å². The lowest BCUT2D eigenvalue weighted by molar-refractivity contribution is -0.345. The topological polar surface area (TPSA) is 155 Å². The molecule has 5 rings (SSSR count). The highest BCUT2D eigenvalue weighted by Crippen LogP contribution is 2.65. The largest absolute Gasteiger partial charge is 0.508 e. The van der Waals surface area contributed by atoms with Gasteiger partial charge in [-0.15, -0.1) is 0 Å². The van der Waals surface area contributed by atoms with Crippen LogP contribution in [-0.4, -0.2) is 83.4 Å². The molecule has 1 aliphatic heterocycles. The lowest BCUT2D eigenvalue weighted by Crippen LogP contribution is -2.81. The number of rotatable bonds is 4. The number of aliphatic hydroxyl groups excluding tert-OH is 1. The summed E-state index contributed by atoms with van der Waals surface area (Å²) >= 11 is 0. The zero-order chi connectivity index (χ0) is 31.7. The Bertz CT molecular complexity index is 1370. The van der Waals surface area contributed by atoms with Crippen LogP contribution in [0.5, 0.6) is 0 Å². The molecule has 0 spiro atoms. The van der Waals surface area contributed by atoms with E-state index in [1.807, 2.05) is 0 Å². The number of fused-ring (bicyclic) bond motifs is 5. The first-order valence-corrected chi connectivity index (χ1v) is 14.5. The van der Waals surface area contributed by atoms with Crippen molar-refractivity contribution in [2.45, 2.75) is 90.0 Å². The van der Waals surface area contributed by atoms with E-state index in [1.165, 1.54) is 6.92 Å². The molecule has 1 heterocycles. The quantitative estimate of drug-likeness (QED) is 0.297. The van der Waals surface area contributed by atoms with E-state index in [-0.39, 0.29) is 30.8 Å². The number of hydrogen-bond donors (Lipinski definition) is 2. The van der Waals surface area contributed by atoms with Crippen LogP contribution in [0.3, 0.4) is 0 Å². The fourth-order valence-corrected chi connectivity index (χ4v) is 8.47. The zero-order valence-corrected chi connectivity index (χ0v) is 25.5. The van der Waals surface area contributed by atoms with Crippen molar-refractivity contribution in [1.82, 2.24) is 0 Å². The molecular formula is C32H40O11. The first-order chi connectivity index (χ1) is 20.1. The van der Waals surface area contributed by atoms with Crippen LogP contribution < -0.4 is 0 Å². The lowest BCUT2D eigenvalue weighted by atomic mass is 9.43. The third-order valence-electron chi connectivity index (χ3n) is 10.6. The number of Topliss-reactive ketones (excluding diaryl/α,β-unsaturated/α-hetero) is 1. The van der Waals surface area contributed by atoms with E-state index in [1.54, 1.807) is 65.0 Å². The van der Waals surface area contributed by atoms with E-state index in [9.17, 15) is 29.4 Å². The van der Waals surface area contributed by atoms with Crippen molar-refractivity contribution < 1.29 is 53.1 Å². The van der Waals surface area contributed by atoms with Crippen LogP contribution in [0.15, 0.2) is 41.5 Å². The van der Waals surface area contributed by atoms with Gasteiger partial charge in [0.15, 0.2) is 5.60 Å². The van der Waals surface area contributed by atoms with E-state index in [0.29, 0.717) is 11.1 Å². The maximum Gasteiger partial charge on any atom is 0.508 e. The average Bonchev–Trinajstić information content (AvgIpc) is 2.94. The van der Waals surface area contributed by atoms with E-state index < -0.39 is 76.4 Å². The molecule has 1 aromatic carbocycles. The van der Waals surface area contributed by atoms with Gasteiger partial charge in [0.25, 0.3) is 0 Å². The molecule has 1 aromatic rings. The molecule has 0 amide bonds. The number of aliphatic hydroxyl groups is 2. The molecule has 3 aliphatic carbocycles. The molecule has 2 saturated carbocycles. The van der Waals surface area contributed by atoms with Crippen LogP contribution in [0.1, 0.15) is 64.7 Å². The smallest absolute Gasteiger partial charge is 0.455 e. The number of methoxy groups -OCH3 is 1. The SMILES string of the molecule is COC(=O)OC1C[C@H]2OC[C@@]2(OC(C)=O)C2C(OC(=O)c3ccccc3)[C@]3(O)C[C@H](O)C(C)=C([C@@H](C)C(=O)[C@]12C)C3(C)C. The fourth-order valence-electron chi connectivity index (χ4n) is 8.47. The van der Waals surface area contributed by atoms with E-state index in [0.717, 1.165) is 7.11 Å². The molecule has 11 nitrogen and oxygen atoms in total. The molecule has 1 saturated heterocycles. The Morgan fingerprint density at radius 1 is 1.07 bits per heavy atom. The van der Waals surface area contributed by atoms with Crippen molar-refractivity contribution in [3.05, 3.63) is 47.0 Å². The minimum atomic E-state index is -1.98. The van der Waals surface area contributed by atoms with Crippen molar-refractivity contribution in [3.63, 3.8) is 0 Å². The Kier molecular flexibility index (Phi) is 7.55. The van der Waals surface area contributed by atoms with E-state index in [4.69, 9.17) is 23.7 Å². The van der Waals surface area contributed by atoms with Crippen molar-refractivity contribution in [2.75, 3.05) is 13.7 Å². The van der Waals surface area contributed by atoms with Gasteiger partial charge in [0.1, 0.15) is 29.7 Å². The van der Waals surface area contributed by atoms with Gasteiger partial charge in [-0.05, 0) is 37.1 Å². The van der Waals surface area contributed by atoms with Crippen LogP contribution >= 0.6 is 0 Å². The number of hydrogen-bond acceptors (Lipinski definition) is 11. The Morgan fingerprint density at radius 3 is 2.28 bits per heavy atom. The van der Waals surface area contributed by atoms with Crippen molar-refractivity contribution >= 4 is 23.9 Å². The Balaban J connectivity index is 1.83. The first-order valence-electron chi connectivity index (χ1n) is 14.5. The Labute approximate surface area is 250 Å². The standard InChI is InChI=1S/C32H40O11/c1-16-20(34)14-32(38)26(42-27(36)19-11-9-8-10-12-19)24-30(6,25(35)17(2)23(16)29(32,4)5)21(41-28(37)39-7)13-22-31(24,15-40-22)43-18(3)33/h8-12,17,20-22,24,26,34,38H,13-15H2,1-7H3/t17-,20+,21?,22-,24?,26?,30-,31+,32-/m1/s1.